The summed E-state index contributed by atoms with van der Waals surface area (Å²) in [6, 6.07) is 5.14. The summed E-state index contributed by atoms with van der Waals surface area (Å²) in [4.78, 5) is 35.1. The molecule has 10 heteroatoms. The lowest BCUT2D eigenvalue weighted by Crippen LogP contribution is -2.43. The maximum absolute atomic E-state index is 12.2. The highest BCUT2D eigenvalue weighted by molar-refractivity contribution is 6.01. The number of carbonyl (C=O) groups excluding carboxylic acids is 3. The molecule has 144 valence electrons. The quantitative estimate of drug-likeness (QED) is 0.586. The molecule has 0 atom stereocenters. The Labute approximate surface area is 148 Å². The molecule has 4 N–H and O–H groups in total. The number of amides is 4. The van der Waals surface area contributed by atoms with Gasteiger partial charge in [0.25, 0.3) is 5.91 Å². The molecule has 0 saturated carbocycles. The fraction of sp³-hybridized carbons (Fsp3) is 0.438. The summed E-state index contributed by atoms with van der Waals surface area (Å²) < 4.78 is 36.6. The maximum Gasteiger partial charge on any atom is 0.405 e. The Morgan fingerprint density at radius 2 is 1.73 bits per heavy atom. The number of benzene rings is 1. The highest BCUT2D eigenvalue weighted by Crippen LogP contribution is 2.16. The van der Waals surface area contributed by atoms with Gasteiger partial charge in [0, 0.05) is 12.2 Å². The SMILES string of the molecule is CC(C)CNC(=O)NC(=O)CNc1ccccc1C(=O)NCC(F)(F)F. The number of anilines is 1. The second kappa shape index (κ2) is 9.64. The van der Waals surface area contributed by atoms with Gasteiger partial charge in [-0.15, -0.1) is 0 Å². The number of para-hydroxylation sites is 1. The van der Waals surface area contributed by atoms with Crippen LogP contribution in [0.3, 0.4) is 0 Å². The first kappa shape index (κ1) is 21.3. The summed E-state index contributed by atoms with van der Waals surface area (Å²) in [6.45, 7) is 2.39. The number of hydrogen-bond acceptors (Lipinski definition) is 4. The van der Waals surface area contributed by atoms with Crippen LogP contribution < -0.4 is 21.3 Å². The van der Waals surface area contributed by atoms with Gasteiger partial charge in [0.05, 0.1) is 12.1 Å². The Hall–Kier alpha value is -2.78. The molecular formula is C16H21F3N4O3. The fourth-order valence-corrected chi connectivity index (χ4v) is 1.80. The molecule has 0 saturated heterocycles. The van der Waals surface area contributed by atoms with Crippen LogP contribution in [0.4, 0.5) is 23.7 Å². The van der Waals surface area contributed by atoms with Crippen molar-refractivity contribution < 1.29 is 27.6 Å². The van der Waals surface area contributed by atoms with E-state index in [0.29, 0.717) is 6.54 Å². The average molecular weight is 374 g/mol. The third-order valence-electron chi connectivity index (χ3n) is 2.98. The standard InChI is InChI=1S/C16H21F3N4O3/c1-10(2)7-21-15(26)23-13(24)8-20-12-6-4-3-5-11(12)14(25)22-9-16(17,18)19/h3-6,10,20H,7-9H2,1-2H3,(H,22,25)(H2,21,23,24,26). The van der Waals surface area contributed by atoms with Gasteiger partial charge in [-0.3, -0.25) is 14.9 Å². The van der Waals surface area contributed by atoms with E-state index >= 15 is 0 Å². The van der Waals surface area contributed by atoms with Crippen LogP contribution in [0.5, 0.6) is 0 Å². The molecule has 0 aliphatic rings. The Balaban J connectivity index is 2.58. The number of urea groups is 1. The topological polar surface area (TPSA) is 99.3 Å². The van der Waals surface area contributed by atoms with Gasteiger partial charge in [-0.1, -0.05) is 26.0 Å². The summed E-state index contributed by atoms with van der Waals surface area (Å²) in [7, 11) is 0. The highest BCUT2D eigenvalue weighted by Gasteiger charge is 2.28. The van der Waals surface area contributed by atoms with Crippen molar-refractivity contribution in [2.45, 2.75) is 20.0 Å². The van der Waals surface area contributed by atoms with Crippen molar-refractivity contribution in [3.8, 4) is 0 Å². The van der Waals surface area contributed by atoms with Gasteiger partial charge in [0.2, 0.25) is 5.91 Å². The smallest absolute Gasteiger partial charge is 0.375 e. The predicted octanol–water partition coefficient (Wildman–Crippen LogP) is 1.87. The molecule has 0 fully saturated rings. The number of imide groups is 1. The van der Waals surface area contributed by atoms with Gasteiger partial charge in [-0.05, 0) is 18.1 Å². The van der Waals surface area contributed by atoms with Gasteiger partial charge in [0.15, 0.2) is 0 Å². The normalized spacial score (nSPS) is 11.0. The minimum atomic E-state index is -4.53. The lowest BCUT2D eigenvalue weighted by molar-refractivity contribution is -0.123. The van der Waals surface area contributed by atoms with Gasteiger partial charge in [-0.2, -0.15) is 13.2 Å². The number of halogens is 3. The molecule has 26 heavy (non-hydrogen) atoms. The summed E-state index contributed by atoms with van der Waals surface area (Å²) in [5, 5.41) is 8.99. The lowest BCUT2D eigenvalue weighted by Gasteiger charge is -2.13. The zero-order valence-electron chi connectivity index (χ0n) is 14.4. The van der Waals surface area contributed by atoms with Crippen LogP contribution in [0, 0.1) is 5.92 Å². The first-order valence-electron chi connectivity index (χ1n) is 7.84. The largest absolute Gasteiger partial charge is 0.405 e. The van der Waals surface area contributed by atoms with Crippen LogP contribution in [-0.4, -0.2) is 43.7 Å². The van der Waals surface area contributed by atoms with Gasteiger partial charge in [0.1, 0.15) is 6.54 Å². The molecule has 1 rings (SSSR count). The number of alkyl halides is 3. The third-order valence-corrected chi connectivity index (χ3v) is 2.98. The van der Waals surface area contributed by atoms with Crippen molar-refractivity contribution in [1.82, 2.24) is 16.0 Å². The summed E-state index contributed by atoms with van der Waals surface area (Å²) in [6.07, 6.45) is -4.53. The molecule has 0 aromatic heterocycles. The van der Waals surface area contributed by atoms with Crippen LogP contribution in [0.15, 0.2) is 24.3 Å². The van der Waals surface area contributed by atoms with Crippen LogP contribution in [-0.2, 0) is 4.79 Å². The third kappa shape index (κ3) is 8.36. The Morgan fingerprint density at radius 1 is 1.08 bits per heavy atom. The van der Waals surface area contributed by atoms with Crippen LogP contribution in [0.1, 0.15) is 24.2 Å². The average Bonchev–Trinajstić information content (AvgIpc) is 2.55. The van der Waals surface area contributed by atoms with E-state index in [1.165, 1.54) is 18.2 Å². The second-order valence-electron chi connectivity index (χ2n) is 5.85. The van der Waals surface area contributed by atoms with Crippen LogP contribution in [0.2, 0.25) is 0 Å². The zero-order valence-corrected chi connectivity index (χ0v) is 14.4. The van der Waals surface area contributed by atoms with Crippen molar-refractivity contribution in [3.05, 3.63) is 29.8 Å². The molecule has 4 amide bonds. The van der Waals surface area contributed by atoms with E-state index < -0.39 is 30.6 Å². The van der Waals surface area contributed by atoms with Gasteiger partial charge < -0.3 is 16.0 Å². The van der Waals surface area contributed by atoms with Crippen LogP contribution in [0.25, 0.3) is 0 Å². The number of carbonyl (C=O) groups is 3. The number of nitrogens with one attached hydrogen (secondary N) is 4. The molecule has 0 heterocycles. The van der Waals surface area contributed by atoms with Crippen molar-refractivity contribution in [2.24, 2.45) is 5.92 Å². The monoisotopic (exact) mass is 374 g/mol. The Bertz CT molecular complexity index is 648. The minimum absolute atomic E-state index is 0.0474. The van der Waals surface area contributed by atoms with Crippen molar-refractivity contribution >= 4 is 23.5 Å². The minimum Gasteiger partial charge on any atom is -0.375 e. The molecule has 1 aromatic carbocycles. The number of rotatable bonds is 7. The van der Waals surface area contributed by atoms with E-state index in [1.54, 1.807) is 11.4 Å². The van der Waals surface area contributed by atoms with Crippen molar-refractivity contribution in [3.63, 3.8) is 0 Å². The van der Waals surface area contributed by atoms with Crippen molar-refractivity contribution in [2.75, 3.05) is 25.0 Å². The first-order chi connectivity index (χ1) is 12.1. The first-order valence-corrected chi connectivity index (χ1v) is 7.84. The molecule has 0 unspecified atom stereocenters. The summed E-state index contributed by atoms with van der Waals surface area (Å²) in [5.74, 6) is -1.37. The molecular weight excluding hydrogens is 353 g/mol. The molecule has 0 aliphatic heterocycles. The summed E-state index contributed by atoms with van der Waals surface area (Å²) >= 11 is 0. The van der Waals surface area contributed by atoms with Crippen molar-refractivity contribution in [1.29, 1.82) is 0 Å². The van der Waals surface area contributed by atoms with E-state index in [0.717, 1.165) is 0 Å². The zero-order chi connectivity index (χ0) is 19.7. The van der Waals surface area contributed by atoms with Crippen LogP contribution >= 0.6 is 0 Å². The van der Waals surface area contributed by atoms with E-state index in [-0.39, 0.29) is 23.7 Å². The maximum atomic E-state index is 12.2. The fourth-order valence-electron chi connectivity index (χ4n) is 1.80. The lowest BCUT2D eigenvalue weighted by atomic mass is 10.1. The van der Waals surface area contributed by atoms with E-state index in [1.807, 2.05) is 13.8 Å². The summed E-state index contributed by atoms with van der Waals surface area (Å²) in [5.41, 5.74) is 0.124. The Morgan fingerprint density at radius 3 is 2.35 bits per heavy atom. The van der Waals surface area contributed by atoms with E-state index in [9.17, 15) is 27.6 Å². The van der Waals surface area contributed by atoms with E-state index in [2.05, 4.69) is 16.0 Å². The Kier molecular flexibility index (Phi) is 7.88. The molecule has 7 nitrogen and oxygen atoms in total. The molecule has 1 aromatic rings. The van der Waals surface area contributed by atoms with E-state index in [4.69, 9.17) is 0 Å². The highest BCUT2D eigenvalue weighted by atomic mass is 19.4. The predicted molar refractivity (Wildman–Crippen MR) is 89.7 cm³/mol. The van der Waals surface area contributed by atoms with Gasteiger partial charge >= 0.3 is 12.2 Å². The second-order valence-corrected chi connectivity index (χ2v) is 5.85. The molecule has 0 aliphatic carbocycles. The number of hydrogen-bond donors (Lipinski definition) is 4. The molecule has 0 spiro atoms. The molecule has 0 bridgehead atoms. The molecule has 0 radical (unpaired) electrons. The van der Waals surface area contributed by atoms with Gasteiger partial charge in [-0.25, -0.2) is 4.79 Å².